The molecule has 0 N–H and O–H groups in total. The van der Waals surface area contributed by atoms with Crippen LogP contribution in [-0.4, -0.2) is 9.55 Å². The minimum Gasteiger partial charge on any atom is -0.456 e. The maximum atomic E-state index is 6.29. The van der Waals surface area contributed by atoms with Gasteiger partial charge in [0.1, 0.15) is 11.2 Å². The number of fused-ring (bicyclic) bond motifs is 9. The Morgan fingerprint density at radius 2 is 1.30 bits per heavy atom. The van der Waals surface area contributed by atoms with Crippen molar-refractivity contribution in [2.24, 2.45) is 0 Å². The number of rotatable bonds is 2. The fraction of sp³-hybridized carbons (Fsp3) is 0. The molecule has 9 aromatic rings. The van der Waals surface area contributed by atoms with Crippen molar-refractivity contribution in [1.29, 1.82) is 0 Å². The molecular formula is C37H22N2O. The number of benzene rings is 6. The molecular weight excluding hydrogens is 488 g/mol. The first-order valence-corrected chi connectivity index (χ1v) is 13.5. The minimum absolute atomic E-state index is 0.907. The van der Waals surface area contributed by atoms with Crippen LogP contribution in [0.5, 0.6) is 0 Å². The number of nitrogens with zero attached hydrogens (tertiary/aromatic N) is 2. The third kappa shape index (κ3) is 2.97. The molecule has 0 aliphatic carbocycles. The summed E-state index contributed by atoms with van der Waals surface area (Å²) in [5, 5.41) is 9.58. The number of pyridine rings is 1. The van der Waals surface area contributed by atoms with Crippen molar-refractivity contribution >= 4 is 65.3 Å². The van der Waals surface area contributed by atoms with Gasteiger partial charge >= 0.3 is 0 Å². The predicted octanol–water partition coefficient (Wildman–Crippen LogP) is 10.1. The van der Waals surface area contributed by atoms with Crippen LogP contribution in [0.1, 0.15) is 0 Å². The van der Waals surface area contributed by atoms with Gasteiger partial charge in [0.2, 0.25) is 0 Å². The SMILES string of the molecule is c1ccc(-n2c3ccccc3c3cc4c(-c5cccnc5)cc5cc6oc7ccccc7c6cc5c4cc32)cc1. The van der Waals surface area contributed by atoms with E-state index in [9.17, 15) is 0 Å². The molecule has 9 rings (SSSR count). The van der Waals surface area contributed by atoms with Crippen molar-refractivity contribution in [3.8, 4) is 16.8 Å². The standard InChI is InChI=1S/C37H22N2O/c1-2-10-25(11-3-1)39-34-14-6-4-12-26(34)32-20-30-28(23-9-8-16-38-22-23)17-24-18-37-33(19-29(24)31(30)21-35(32)39)27-13-5-7-15-36(27)40-37/h1-22H. The highest BCUT2D eigenvalue weighted by molar-refractivity contribution is 6.24. The topological polar surface area (TPSA) is 31.0 Å². The fourth-order valence-corrected chi connectivity index (χ4v) is 6.45. The first-order valence-electron chi connectivity index (χ1n) is 13.5. The Hall–Kier alpha value is -5.41. The van der Waals surface area contributed by atoms with E-state index in [-0.39, 0.29) is 0 Å². The molecule has 3 aromatic heterocycles. The monoisotopic (exact) mass is 510 g/mol. The second kappa shape index (κ2) is 8.05. The number of hydrogen-bond acceptors (Lipinski definition) is 2. The zero-order valence-electron chi connectivity index (χ0n) is 21.5. The van der Waals surface area contributed by atoms with E-state index < -0.39 is 0 Å². The highest BCUT2D eigenvalue weighted by Gasteiger charge is 2.18. The molecule has 6 aromatic carbocycles. The summed E-state index contributed by atoms with van der Waals surface area (Å²) in [7, 11) is 0. The van der Waals surface area contributed by atoms with E-state index in [1.165, 1.54) is 43.5 Å². The Morgan fingerprint density at radius 1 is 0.500 bits per heavy atom. The van der Waals surface area contributed by atoms with E-state index >= 15 is 0 Å². The van der Waals surface area contributed by atoms with Crippen molar-refractivity contribution in [2.75, 3.05) is 0 Å². The van der Waals surface area contributed by atoms with Crippen LogP contribution in [0.15, 0.2) is 138 Å². The van der Waals surface area contributed by atoms with Gasteiger partial charge in [-0.3, -0.25) is 4.98 Å². The van der Waals surface area contributed by atoms with Gasteiger partial charge in [-0.2, -0.15) is 0 Å². The zero-order chi connectivity index (χ0) is 26.2. The number of aromatic nitrogens is 2. The third-order valence-corrected chi connectivity index (χ3v) is 8.23. The fourth-order valence-electron chi connectivity index (χ4n) is 6.45. The van der Waals surface area contributed by atoms with Crippen LogP contribution in [-0.2, 0) is 0 Å². The lowest BCUT2D eigenvalue weighted by Gasteiger charge is -2.13. The van der Waals surface area contributed by atoms with Gasteiger partial charge in [-0.05, 0) is 87.8 Å². The summed E-state index contributed by atoms with van der Waals surface area (Å²) in [5.41, 5.74) is 7.65. The van der Waals surface area contributed by atoms with Gasteiger partial charge in [0.15, 0.2) is 0 Å². The summed E-state index contributed by atoms with van der Waals surface area (Å²) in [4.78, 5) is 4.46. The molecule has 3 nitrogen and oxygen atoms in total. The molecule has 0 amide bonds. The van der Waals surface area contributed by atoms with Gasteiger partial charge in [0, 0.05) is 45.2 Å². The maximum absolute atomic E-state index is 6.29. The normalized spacial score (nSPS) is 12.0. The third-order valence-electron chi connectivity index (χ3n) is 8.23. The van der Waals surface area contributed by atoms with E-state index in [1.54, 1.807) is 0 Å². The average Bonchev–Trinajstić information content (AvgIpc) is 3.54. The summed E-state index contributed by atoms with van der Waals surface area (Å²) in [6, 6.07) is 43.4. The minimum atomic E-state index is 0.907. The summed E-state index contributed by atoms with van der Waals surface area (Å²) >= 11 is 0. The maximum Gasteiger partial charge on any atom is 0.136 e. The molecule has 0 aliphatic heterocycles. The lowest BCUT2D eigenvalue weighted by atomic mass is 9.92. The van der Waals surface area contributed by atoms with Crippen LogP contribution in [0.2, 0.25) is 0 Å². The van der Waals surface area contributed by atoms with Crippen LogP contribution in [0, 0.1) is 0 Å². The van der Waals surface area contributed by atoms with Crippen molar-refractivity contribution < 1.29 is 4.42 Å². The molecule has 0 atom stereocenters. The van der Waals surface area contributed by atoms with Crippen LogP contribution < -0.4 is 0 Å². The molecule has 0 radical (unpaired) electrons. The lowest BCUT2D eigenvalue weighted by Crippen LogP contribution is -1.93. The van der Waals surface area contributed by atoms with Gasteiger partial charge in [0.25, 0.3) is 0 Å². The first-order chi connectivity index (χ1) is 19.8. The zero-order valence-corrected chi connectivity index (χ0v) is 21.5. The smallest absolute Gasteiger partial charge is 0.136 e. The molecule has 3 heteroatoms. The van der Waals surface area contributed by atoms with Gasteiger partial charge in [-0.25, -0.2) is 0 Å². The van der Waals surface area contributed by atoms with Crippen LogP contribution >= 0.6 is 0 Å². The summed E-state index contributed by atoms with van der Waals surface area (Å²) in [6.45, 7) is 0. The lowest BCUT2D eigenvalue weighted by molar-refractivity contribution is 0.669. The Morgan fingerprint density at radius 3 is 2.17 bits per heavy atom. The molecule has 0 fully saturated rings. The van der Waals surface area contributed by atoms with Crippen molar-refractivity contribution in [1.82, 2.24) is 9.55 Å². The largest absolute Gasteiger partial charge is 0.456 e. The van der Waals surface area contributed by atoms with Crippen molar-refractivity contribution in [3.63, 3.8) is 0 Å². The highest BCUT2D eigenvalue weighted by atomic mass is 16.3. The Labute approximate surface area is 229 Å². The average molecular weight is 511 g/mol. The molecule has 0 spiro atoms. The molecule has 0 saturated heterocycles. The van der Waals surface area contributed by atoms with Crippen molar-refractivity contribution in [2.45, 2.75) is 0 Å². The van der Waals surface area contributed by atoms with Gasteiger partial charge in [-0.15, -0.1) is 0 Å². The Bertz CT molecular complexity index is 2420. The Balaban J connectivity index is 1.51. The van der Waals surface area contributed by atoms with Gasteiger partial charge in [-0.1, -0.05) is 60.7 Å². The quantitative estimate of drug-likeness (QED) is 0.217. The van der Waals surface area contributed by atoms with Crippen LogP contribution in [0.3, 0.4) is 0 Å². The number of hydrogen-bond donors (Lipinski definition) is 0. The second-order valence-electron chi connectivity index (χ2n) is 10.4. The van der Waals surface area contributed by atoms with E-state index in [0.29, 0.717) is 0 Å². The van der Waals surface area contributed by atoms with Crippen LogP contribution in [0.4, 0.5) is 0 Å². The second-order valence-corrected chi connectivity index (χ2v) is 10.4. The molecule has 40 heavy (non-hydrogen) atoms. The van der Waals surface area contributed by atoms with Crippen molar-refractivity contribution in [3.05, 3.63) is 134 Å². The van der Waals surface area contributed by atoms with E-state index in [1.807, 2.05) is 30.6 Å². The predicted molar refractivity (Wildman–Crippen MR) is 166 cm³/mol. The molecule has 186 valence electrons. The molecule has 0 unspecified atom stereocenters. The molecule has 3 heterocycles. The Kier molecular flexibility index (Phi) is 4.33. The summed E-state index contributed by atoms with van der Waals surface area (Å²) in [6.07, 6.45) is 3.79. The summed E-state index contributed by atoms with van der Waals surface area (Å²) < 4.78 is 8.68. The van der Waals surface area contributed by atoms with E-state index in [0.717, 1.165) is 38.6 Å². The summed E-state index contributed by atoms with van der Waals surface area (Å²) in [5.74, 6) is 0. The highest BCUT2D eigenvalue weighted by Crippen LogP contribution is 2.42. The number of furan rings is 1. The van der Waals surface area contributed by atoms with Gasteiger partial charge in [0.05, 0.1) is 11.0 Å². The van der Waals surface area contributed by atoms with Crippen LogP contribution in [0.25, 0.3) is 82.1 Å². The number of para-hydroxylation sites is 3. The first kappa shape index (κ1) is 21.5. The molecule has 0 bridgehead atoms. The molecule has 0 aliphatic rings. The molecule has 0 saturated carbocycles. The van der Waals surface area contributed by atoms with E-state index in [4.69, 9.17) is 4.42 Å². The van der Waals surface area contributed by atoms with Gasteiger partial charge < -0.3 is 8.98 Å². The van der Waals surface area contributed by atoms with E-state index in [2.05, 4.69) is 113 Å².